The van der Waals surface area contributed by atoms with Gasteiger partial charge in [-0.2, -0.15) is 0 Å². The van der Waals surface area contributed by atoms with Crippen molar-refractivity contribution < 1.29 is 4.79 Å². The number of hydrogen-bond acceptors (Lipinski definition) is 3. The molecule has 1 N–H and O–H groups in total. The summed E-state index contributed by atoms with van der Waals surface area (Å²) in [5.41, 5.74) is 1.92. The number of carbonyl (C=O) groups excluding carboxylic acids is 1. The third kappa shape index (κ3) is 4.62. The van der Waals surface area contributed by atoms with E-state index in [0.29, 0.717) is 5.75 Å². The lowest BCUT2D eigenvalue weighted by Gasteiger charge is -2.10. The first-order valence-corrected chi connectivity index (χ1v) is 9.54. The van der Waals surface area contributed by atoms with Gasteiger partial charge in [0.05, 0.1) is 11.4 Å². The second-order valence-electron chi connectivity index (χ2n) is 4.22. The normalized spacial score (nSPS) is 10.6. The van der Waals surface area contributed by atoms with Crippen molar-refractivity contribution in [1.82, 2.24) is 0 Å². The van der Waals surface area contributed by atoms with Crippen LogP contribution in [0.3, 0.4) is 0 Å². The fourth-order valence-corrected chi connectivity index (χ4v) is 4.92. The van der Waals surface area contributed by atoms with E-state index in [4.69, 9.17) is 0 Å². The van der Waals surface area contributed by atoms with E-state index in [1.807, 2.05) is 25.1 Å². The van der Waals surface area contributed by atoms with Gasteiger partial charge in [0, 0.05) is 19.6 Å². The number of carbonyl (C=O) groups is 1. The van der Waals surface area contributed by atoms with Gasteiger partial charge < -0.3 is 5.32 Å². The molecule has 0 fully saturated rings. The quantitative estimate of drug-likeness (QED) is 0.677. The second kappa shape index (κ2) is 7.64. The Balaban J connectivity index is 1.88. The molecule has 0 aliphatic carbocycles. The van der Waals surface area contributed by atoms with Crippen molar-refractivity contribution in [2.45, 2.75) is 12.7 Å². The number of thioether (sulfide) groups is 1. The van der Waals surface area contributed by atoms with Crippen LogP contribution in [-0.4, -0.2) is 11.7 Å². The Morgan fingerprint density at radius 3 is 2.65 bits per heavy atom. The van der Waals surface area contributed by atoms with Gasteiger partial charge in [0.1, 0.15) is 0 Å². The predicted octanol–water partition coefficient (Wildman–Crippen LogP) is 5.45. The molecule has 0 aliphatic heterocycles. The van der Waals surface area contributed by atoms with Crippen molar-refractivity contribution in [3.8, 4) is 0 Å². The number of benzene rings is 1. The van der Waals surface area contributed by atoms with Crippen LogP contribution in [0.4, 0.5) is 5.69 Å². The molecule has 1 heterocycles. The summed E-state index contributed by atoms with van der Waals surface area (Å²) in [5, 5.41) is 4.99. The summed E-state index contributed by atoms with van der Waals surface area (Å²) in [5.74, 6) is 1.34. The lowest BCUT2D eigenvalue weighted by molar-refractivity contribution is -0.113. The van der Waals surface area contributed by atoms with Crippen molar-refractivity contribution in [1.29, 1.82) is 0 Å². The molecule has 0 spiro atoms. The smallest absolute Gasteiger partial charge is 0.234 e. The zero-order valence-corrected chi connectivity index (χ0v) is 15.6. The highest BCUT2D eigenvalue weighted by molar-refractivity contribution is 9.11. The van der Waals surface area contributed by atoms with Gasteiger partial charge >= 0.3 is 0 Å². The van der Waals surface area contributed by atoms with Crippen molar-refractivity contribution in [3.05, 3.63) is 49.0 Å². The van der Waals surface area contributed by atoms with E-state index >= 15 is 0 Å². The zero-order chi connectivity index (χ0) is 14.5. The summed E-state index contributed by atoms with van der Waals surface area (Å²) in [4.78, 5) is 13.3. The van der Waals surface area contributed by atoms with E-state index in [-0.39, 0.29) is 5.91 Å². The minimum Gasteiger partial charge on any atom is -0.323 e. The highest BCUT2D eigenvalue weighted by Gasteiger charge is 2.10. The van der Waals surface area contributed by atoms with Gasteiger partial charge in [-0.3, -0.25) is 4.79 Å². The highest BCUT2D eigenvalue weighted by atomic mass is 79.9. The van der Waals surface area contributed by atoms with Crippen LogP contribution in [0.25, 0.3) is 0 Å². The number of thiophene rings is 1. The van der Waals surface area contributed by atoms with Crippen LogP contribution in [0.2, 0.25) is 0 Å². The van der Waals surface area contributed by atoms with Gasteiger partial charge in [-0.05, 0) is 67.9 Å². The van der Waals surface area contributed by atoms with Crippen LogP contribution in [0, 0.1) is 6.92 Å². The molecule has 1 amide bonds. The lowest BCUT2D eigenvalue weighted by atomic mass is 10.2. The molecule has 106 valence electrons. The zero-order valence-electron chi connectivity index (χ0n) is 10.8. The molecule has 0 unspecified atom stereocenters. The van der Waals surface area contributed by atoms with Gasteiger partial charge in [-0.15, -0.1) is 23.1 Å². The van der Waals surface area contributed by atoms with Gasteiger partial charge in [0.25, 0.3) is 0 Å². The van der Waals surface area contributed by atoms with Gasteiger partial charge in [-0.25, -0.2) is 0 Å². The largest absolute Gasteiger partial charge is 0.323 e. The van der Waals surface area contributed by atoms with Gasteiger partial charge in [0.15, 0.2) is 0 Å². The molecule has 0 saturated carbocycles. The molecule has 1 aromatic heterocycles. The van der Waals surface area contributed by atoms with Crippen LogP contribution in [-0.2, 0) is 10.5 Å². The predicted molar refractivity (Wildman–Crippen MR) is 95.7 cm³/mol. The van der Waals surface area contributed by atoms with Crippen LogP contribution >= 0.6 is 55.0 Å². The molecule has 0 atom stereocenters. The monoisotopic (exact) mass is 433 g/mol. The minimum absolute atomic E-state index is 0.0109. The highest BCUT2D eigenvalue weighted by Crippen LogP contribution is 2.32. The van der Waals surface area contributed by atoms with Crippen molar-refractivity contribution in [3.63, 3.8) is 0 Å². The number of nitrogens with one attached hydrogen (secondary N) is 1. The second-order valence-corrected chi connectivity index (χ2v) is 7.95. The third-order valence-corrected chi connectivity index (χ3v) is 5.80. The molecule has 0 saturated heterocycles. The molecule has 1 aromatic carbocycles. The molecular weight excluding hydrogens is 422 g/mol. The summed E-state index contributed by atoms with van der Waals surface area (Å²) in [6, 6.07) is 8.09. The summed E-state index contributed by atoms with van der Waals surface area (Å²) < 4.78 is 1.78. The van der Waals surface area contributed by atoms with E-state index in [0.717, 1.165) is 25.9 Å². The molecule has 2 aromatic rings. The molecule has 0 aliphatic rings. The fourth-order valence-electron chi connectivity index (χ4n) is 1.63. The first-order valence-electron chi connectivity index (χ1n) is 5.92. The van der Waals surface area contributed by atoms with E-state index in [2.05, 4.69) is 48.6 Å². The Morgan fingerprint density at radius 1 is 1.35 bits per heavy atom. The first-order chi connectivity index (χ1) is 9.56. The number of amides is 1. The van der Waals surface area contributed by atoms with Crippen LogP contribution in [0.1, 0.15) is 10.4 Å². The fraction of sp³-hybridized carbons (Fsp3) is 0.214. The Kier molecular flexibility index (Phi) is 6.14. The topological polar surface area (TPSA) is 29.1 Å². The SMILES string of the molecule is Cc1cc(Br)c(NC(=O)CSCc2cccs2)c(Br)c1. The lowest BCUT2D eigenvalue weighted by Crippen LogP contribution is -2.15. The number of halogens is 2. The molecular formula is C14H13Br2NOS2. The maximum Gasteiger partial charge on any atom is 0.234 e. The van der Waals surface area contributed by atoms with Crippen LogP contribution < -0.4 is 5.32 Å². The maximum absolute atomic E-state index is 12.0. The molecule has 2 nitrogen and oxygen atoms in total. The van der Waals surface area contributed by atoms with E-state index in [1.165, 1.54) is 4.88 Å². The van der Waals surface area contributed by atoms with Crippen LogP contribution in [0.15, 0.2) is 38.6 Å². The van der Waals surface area contributed by atoms with E-state index in [1.54, 1.807) is 23.1 Å². The van der Waals surface area contributed by atoms with E-state index < -0.39 is 0 Å². The molecule has 20 heavy (non-hydrogen) atoms. The summed E-state index contributed by atoms with van der Waals surface area (Å²) in [7, 11) is 0. The summed E-state index contributed by atoms with van der Waals surface area (Å²) in [6.07, 6.45) is 0. The molecule has 0 radical (unpaired) electrons. The average Bonchev–Trinajstić information content (AvgIpc) is 2.87. The average molecular weight is 435 g/mol. The number of hydrogen-bond donors (Lipinski definition) is 1. The third-order valence-electron chi connectivity index (χ3n) is 2.51. The van der Waals surface area contributed by atoms with Gasteiger partial charge in [-0.1, -0.05) is 6.07 Å². The van der Waals surface area contributed by atoms with Crippen molar-refractivity contribution in [2.24, 2.45) is 0 Å². The number of anilines is 1. The molecule has 0 bridgehead atoms. The van der Waals surface area contributed by atoms with Gasteiger partial charge in [0.2, 0.25) is 5.91 Å². The van der Waals surface area contributed by atoms with Crippen molar-refractivity contribution in [2.75, 3.05) is 11.1 Å². The first kappa shape index (κ1) is 16.1. The maximum atomic E-state index is 12.0. The summed E-state index contributed by atoms with van der Waals surface area (Å²) >= 11 is 10.3. The Labute approximate surface area is 143 Å². The number of aryl methyl sites for hydroxylation is 1. The Hall–Kier alpha value is -0.300. The van der Waals surface area contributed by atoms with Crippen LogP contribution in [0.5, 0.6) is 0 Å². The van der Waals surface area contributed by atoms with Crippen molar-refractivity contribution >= 4 is 66.6 Å². The molecule has 2 rings (SSSR count). The van der Waals surface area contributed by atoms with E-state index in [9.17, 15) is 4.79 Å². The number of rotatable bonds is 5. The Morgan fingerprint density at radius 2 is 2.05 bits per heavy atom. The molecule has 6 heteroatoms. The summed E-state index contributed by atoms with van der Waals surface area (Å²) in [6.45, 7) is 2.01. The minimum atomic E-state index is 0.0109. The Bertz CT molecular complexity index is 576. The standard InChI is InChI=1S/C14H13Br2NOS2/c1-9-5-11(15)14(12(16)6-9)17-13(18)8-19-7-10-3-2-4-20-10/h2-6H,7-8H2,1H3,(H,17,18).